The average molecular weight is 499 g/mol. The number of hydrogen-bond donors (Lipinski definition) is 0. The van der Waals surface area contributed by atoms with Gasteiger partial charge in [-0.3, -0.25) is 4.79 Å². The summed E-state index contributed by atoms with van der Waals surface area (Å²) in [5.41, 5.74) is 5.22. The topological polar surface area (TPSA) is 23.6 Å². The van der Waals surface area contributed by atoms with Gasteiger partial charge >= 0.3 is 0 Å². The number of rotatable bonds is 7. The lowest BCUT2D eigenvalue weighted by Gasteiger charge is -2.38. The first-order valence-corrected chi connectivity index (χ1v) is 13.0. The molecule has 2 aromatic rings. The minimum Gasteiger partial charge on any atom is -0.311 e. The molecule has 0 aliphatic carbocycles. The fourth-order valence-electron chi connectivity index (χ4n) is 5.78. The highest BCUT2D eigenvalue weighted by atomic mass is 35.5. The molecule has 2 aliphatic rings. The third kappa shape index (κ3) is 6.95. The highest BCUT2D eigenvalue weighted by Gasteiger charge is 2.34. The van der Waals surface area contributed by atoms with Crippen molar-refractivity contribution >= 4 is 30.1 Å². The molecular formula is C30H40ClFN2O. The second kappa shape index (κ2) is 12.7. The average Bonchev–Trinajstić information content (AvgIpc) is 2.81. The summed E-state index contributed by atoms with van der Waals surface area (Å²) in [4.78, 5) is 17.7. The van der Waals surface area contributed by atoms with Crippen molar-refractivity contribution in [3.8, 4) is 0 Å². The number of piperidine rings is 2. The van der Waals surface area contributed by atoms with E-state index in [0.29, 0.717) is 13.0 Å². The number of halogens is 2. The maximum atomic E-state index is 14.3. The van der Waals surface area contributed by atoms with Crippen LogP contribution in [0.1, 0.15) is 61.3 Å². The number of benzene rings is 2. The Morgan fingerprint density at radius 3 is 2.43 bits per heavy atom. The van der Waals surface area contributed by atoms with Gasteiger partial charge in [-0.05, 0) is 105 Å². The quantitative estimate of drug-likeness (QED) is 0.411. The number of nitrogens with zero attached hydrogens (tertiary/aromatic N) is 2. The van der Waals surface area contributed by atoms with Gasteiger partial charge in [0.15, 0.2) is 0 Å². The van der Waals surface area contributed by atoms with Crippen molar-refractivity contribution in [1.29, 1.82) is 0 Å². The molecule has 2 saturated heterocycles. The number of amides is 1. The Kier molecular flexibility index (Phi) is 9.94. The number of carbonyl (C=O) groups excluding carboxylic acids is 1. The van der Waals surface area contributed by atoms with Gasteiger partial charge in [0.2, 0.25) is 5.91 Å². The SMILES string of the molecule is Cc1cc(/C=C/CCN2CCCCC2)cc(C)c1N1C[C@@H](Cc2ccccc2F)C[C@@H](C)C1=O.Cl. The monoisotopic (exact) mass is 498 g/mol. The maximum Gasteiger partial charge on any atom is 0.229 e. The molecular weight excluding hydrogens is 459 g/mol. The van der Waals surface area contributed by atoms with E-state index in [0.717, 1.165) is 41.8 Å². The minimum atomic E-state index is -0.151. The van der Waals surface area contributed by atoms with Gasteiger partial charge in [0.25, 0.3) is 0 Å². The molecule has 0 spiro atoms. The molecule has 0 aromatic heterocycles. The molecule has 0 radical (unpaired) electrons. The number of hydrogen-bond acceptors (Lipinski definition) is 2. The Morgan fingerprint density at radius 1 is 1.06 bits per heavy atom. The van der Waals surface area contributed by atoms with E-state index in [1.165, 1.54) is 44.0 Å². The van der Waals surface area contributed by atoms with Crippen LogP contribution >= 0.6 is 12.4 Å². The Balaban J connectivity index is 0.00000342. The summed E-state index contributed by atoms with van der Waals surface area (Å²) in [5, 5.41) is 0. The second-order valence-corrected chi connectivity index (χ2v) is 10.3. The molecule has 0 saturated carbocycles. The lowest BCUT2D eigenvalue weighted by molar-refractivity contribution is -0.124. The van der Waals surface area contributed by atoms with E-state index in [-0.39, 0.29) is 36.0 Å². The highest BCUT2D eigenvalue weighted by Crippen LogP contribution is 2.34. The Labute approximate surface area is 216 Å². The van der Waals surface area contributed by atoms with Crippen molar-refractivity contribution in [3.05, 3.63) is 70.5 Å². The zero-order chi connectivity index (χ0) is 24.1. The zero-order valence-corrected chi connectivity index (χ0v) is 22.2. The first-order chi connectivity index (χ1) is 16.4. The van der Waals surface area contributed by atoms with Crippen LogP contribution in [-0.2, 0) is 11.2 Å². The van der Waals surface area contributed by atoms with E-state index in [1.807, 2.05) is 24.0 Å². The smallest absolute Gasteiger partial charge is 0.229 e. The van der Waals surface area contributed by atoms with Crippen LogP contribution in [0.3, 0.4) is 0 Å². The fourth-order valence-corrected chi connectivity index (χ4v) is 5.78. The maximum absolute atomic E-state index is 14.3. The first kappa shape index (κ1) is 27.4. The van der Waals surface area contributed by atoms with Crippen LogP contribution in [-0.4, -0.2) is 37.0 Å². The molecule has 2 heterocycles. The van der Waals surface area contributed by atoms with Crippen LogP contribution in [0.4, 0.5) is 10.1 Å². The fraction of sp³-hybridized carbons (Fsp3) is 0.500. The Bertz CT molecular complexity index is 1010. The molecule has 4 rings (SSSR count). The predicted octanol–water partition coefficient (Wildman–Crippen LogP) is 6.99. The normalized spacial score (nSPS) is 21.4. The van der Waals surface area contributed by atoms with Gasteiger partial charge in [0, 0.05) is 24.7 Å². The van der Waals surface area contributed by atoms with Crippen molar-refractivity contribution in [2.75, 3.05) is 31.1 Å². The molecule has 2 aliphatic heterocycles. The van der Waals surface area contributed by atoms with Crippen molar-refractivity contribution in [2.24, 2.45) is 11.8 Å². The largest absolute Gasteiger partial charge is 0.311 e. The van der Waals surface area contributed by atoms with Crippen molar-refractivity contribution in [2.45, 2.75) is 59.3 Å². The molecule has 0 unspecified atom stereocenters. The van der Waals surface area contributed by atoms with E-state index in [9.17, 15) is 9.18 Å². The van der Waals surface area contributed by atoms with Crippen molar-refractivity contribution < 1.29 is 9.18 Å². The molecule has 2 aromatic carbocycles. The zero-order valence-electron chi connectivity index (χ0n) is 21.4. The van der Waals surface area contributed by atoms with Gasteiger partial charge in [-0.25, -0.2) is 4.39 Å². The van der Waals surface area contributed by atoms with Crippen LogP contribution < -0.4 is 4.90 Å². The second-order valence-electron chi connectivity index (χ2n) is 10.3. The molecule has 3 nitrogen and oxygen atoms in total. The lowest BCUT2D eigenvalue weighted by atomic mass is 9.84. The van der Waals surface area contributed by atoms with Gasteiger partial charge in [-0.2, -0.15) is 0 Å². The minimum absolute atomic E-state index is 0. The Morgan fingerprint density at radius 2 is 1.74 bits per heavy atom. The van der Waals surface area contributed by atoms with Crippen LogP contribution in [0.5, 0.6) is 0 Å². The number of aryl methyl sites for hydroxylation is 2. The summed E-state index contributed by atoms with van der Waals surface area (Å²) in [5.74, 6) is 0.222. The third-order valence-electron chi connectivity index (χ3n) is 7.44. The lowest BCUT2D eigenvalue weighted by Crippen LogP contribution is -2.46. The summed E-state index contributed by atoms with van der Waals surface area (Å²) in [6.07, 6.45) is 11.1. The Hall–Kier alpha value is -2.17. The van der Waals surface area contributed by atoms with Gasteiger partial charge < -0.3 is 9.80 Å². The third-order valence-corrected chi connectivity index (χ3v) is 7.44. The van der Waals surface area contributed by atoms with Gasteiger partial charge in [-0.1, -0.05) is 43.7 Å². The van der Waals surface area contributed by atoms with Crippen LogP contribution in [0.25, 0.3) is 6.08 Å². The van der Waals surface area contributed by atoms with Crippen LogP contribution in [0.2, 0.25) is 0 Å². The van der Waals surface area contributed by atoms with Gasteiger partial charge in [0.1, 0.15) is 5.82 Å². The van der Waals surface area contributed by atoms with Gasteiger partial charge in [-0.15, -0.1) is 12.4 Å². The predicted molar refractivity (Wildman–Crippen MR) is 147 cm³/mol. The summed E-state index contributed by atoms with van der Waals surface area (Å²) >= 11 is 0. The van der Waals surface area contributed by atoms with Crippen LogP contribution in [0.15, 0.2) is 42.5 Å². The summed E-state index contributed by atoms with van der Waals surface area (Å²) in [6.45, 7) is 10.5. The van der Waals surface area contributed by atoms with Crippen molar-refractivity contribution in [3.63, 3.8) is 0 Å². The van der Waals surface area contributed by atoms with E-state index < -0.39 is 0 Å². The molecule has 0 N–H and O–H groups in total. The van der Waals surface area contributed by atoms with E-state index in [1.54, 1.807) is 6.07 Å². The molecule has 0 bridgehead atoms. The molecule has 2 atom stereocenters. The van der Waals surface area contributed by atoms with E-state index in [4.69, 9.17) is 0 Å². The highest BCUT2D eigenvalue weighted by molar-refractivity contribution is 5.97. The molecule has 5 heteroatoms. The molecule has 190 valence electrons. The van der Waals surface area contributed by atoms with E-state index in [2.05, 4.69) is 43.0 Å². The summed E-state index contributed by atoms with van der Waals surface area (Å²) < 4.78 is 14.3. The number of carbonyl (C=O) groups is 1. The van der Waals surface area contributed by atoms with Crippen LogP contribution in [0, 0.1) is 31.5 Å². The van der Waals surface area contributed by atoms with Crippen molar-refractivity contribution in [1.82, 2.24) is 4.90 Å². The molecule has 2 fully saturated rings. The number of likely N-dealkylation sites (tertiary alicyclic amines) is 1. The first-order valence-electron chi connectivity index (χ1n) is 13.0. The standard InChI is InChI=1S/C30H39FN2O.ClH/c1-22-17-25(11-7-10-16-32-14-8-4-9-15-32)18-23(2)29(22)33-21-26(19-24(3)30(33)34)20-27-12-5-6-13-28(27)31;/h5-7,11-13,17-18,24,26H,4,8-10,14-16,19-21H2,1-3H3;1H/b11-7+;/t24-,26-;/m1./s1. The number of anilines is 1. The van der Waals surface area contributed by atoms with E-state index >= 15 is 0 Å². The molecule has 35 heavy (non-hydrogen) atoms. The molecule has 1 amide bonds. The summed E-state index contributed by atoms with van der Waals surface area (Å²) in [6, 6.07) is 11.4. The van der Waals surface area contributed by atoms with Gasteiger partial charge in [0.05, 0.1) is 0 Å². The summed E-state index contributed by atoms with van der Waals surface area (Å²) in [7, 11) is 0.